The highest BCUT2D eigenvalue weighted by Gasteiger charge is 2.32. The van der Waals surface area contributed by atoms with Crippen LogP contribution in [0.1, 0.15) is 29.9 Å². The Morgan fingerprint density at radius 3 is 2.11 bits per heavy atom. The van der Waals surface area contributed by atoms with Gasteiger partial charge in [0.05, 0.1) is 0 Å². The van der Waals surface area contributed by atoms with Crippen LogP contribution in [0.2, 0.25) is 0 Å². The van der Waals surface area contributed by atoms with Crippen molar-refractivity contribution in [3.05, 3.63) is 71.8 Å². The van der Waals surface area contributed by atoms with Crippen LogP contribution in [0.5, 0.6) is 0 Å². The first-order valence-electron chi connectivity index (χ1n) is 10.1. The molecule has 0 radical (unpaired) electrons. The minimum absolute atomic E-state index is 0.123. The largest absolute Gasteiger partial charge is 0.341 e. The summed E-state index contributed by atoms with van der Waals surface area (Å²) in [7, 11) is 0. The molecule has 2 aromatic carbocycles. The van der Waals surface area contributed by atoms with Gasteiger partial charge in [-0.2, -0.15) is 0 Å². The van der Waals surface area contributed by atoms with E-state index in [0.717, 1.165) is 45.7 Å². The van der Waals surface area contributed by atoms with Gasteiger partial charge >= 0.3 is 0 Å². The second-order valence-electron chi connectivity index (χ2n) is 7.65. The monoisotopic (exact) mass is 363 g/mol. The lowest BCUT2D eigenvalue weighted by molar-refractivity contribution is -0.130. The van der Waals surface area contributed by atoms with E-state index in [9.17, 15) is 4.79 Å². The Morgan fingerprint density at radius 2 is 1.52 bits per heavy atom. The van der Waals surface area contributed by atoms with Crippen molar-refractivity contribution in [3.8, 4) is 0 Å². The summed E-state index contributed by atoms with van der Waals surface area (Å²) in [5.74, 6) is 0.406. The fourth-order valence-corrected chi connectivity index (χ4v) is 4.42. The highest BCUT2D eigenvalue weighted by Crippen LogP contribution is 2.29. The molecule has 0 saturated carbocycles. The number of benzene rings is 2. The second-order valence-corrected chi connectivity index (χ2v) is 7.65. The minimum Gasteiger partial charge on any atom is -0.341 e. The number of nitrogens with zero attached hydrogens (tertiary/aromatic N) is 2. The fourth-order valence-electron chi connectivity index (χ4n) is 4.42. The summed E-state index contributed by atoms with van der Waals surface area (Å²) in [6.45, 7) is 6.11. The Labute approximate surface area is 162 Å². The van der Waals surface area contributed by atoms with Crippen molar-refractivity contribution in [2.45, 2.75) is 24.8 Å². The molecule has 1 atom stereocenters. The second kappa shape index (κ2) is 8.68. The fraction of sp³-hybridized carbons (Fsp3) is 0.435. The van der Waals surface area contributed by atoms with Gasteiger partial charge in [0.15, 0.2) is 0 Å². The number of nitrogens with one attached hydrogen (secondary N) is 1. The van der Waals surface area contributed by atoms with Crippen molar-refractivity contribution in [1.29, 1.82) is 0 Å². The van der Waals surface area contributed by atoms with Crippen LogP contribution >= 0.6 is 0 Å². The van der Waals surface area contributed by atoms with Gasteiger partial charge in [0.25, 0.3) is 0 Å². The van der Waals surface area contributed by atoms with Crippen LogP contribution in [0, 0.1) is 0 Å². The van der Waals surface area contributed by atoms with Gasteiger partial charge in [-0.1, -0.05) is 60.7 Å². The predicted molar refractivity (Wildman–Crippen MR) is 109 cm³/mol. The normalized spacial score (nSPS) is 20.9. The van der Waals surface area contributed by atoms with Crippen molar-refractivity contribution in [3.63, 3.8) is 0 Å². The zero-order valence-electron chi connectivity index (χ0n) is 15.9. The molecule has 4 heteroatoms. The van der Waals surface area contributed by atoms with E-state index < -0.39 is 0 Å². The quantitative estimate of drug-likeness (QED) is 0.887. The smallest absolute Gasteiger partial charge is 0.223 e. The van der Waals surface area contributed by atoms with Crippen LogP contribution in [0.4, 0.5) is 0 Å². The minimum atomic E-state index is 0.123. The molecule has 2 heterocycles. The molecule has 1 amide bonds. The summed E-state index contributed by atoms with van der Waals surface area (Å²) >= 11 is 0. The Morgan fingerprint density at radius 1 is 0.926 bits per heavy atom. The van der Waals surface area contributed by atoms with E-state index in [1.165, 1.54) is 11.1 Å². The molecule has 4 nitrogen and oxygen atoms in total. The number of hydrogen-bond acceptors (Lipinski definition) is 3. The van der Waals surface area contributed by atoms with Gasteiger partial charge in [-0.3, -0.25) is 9.69 Å². The zero-order chi connectivity index (χ0) is 18.5. The molecule has 2 saturated heterocycles. The van der Waals surface area contributed by atoms with Gasteiger partial charge in [-0.15, -0.1) is 0 Å². The molecule has 1 unspecified atom stereocenters. The van der Waals surface area contributed by atoms with Gasteiger partial charge in [0, 0.05) is 57.6 Å². The summed E-state index contributed by atoms with van der Waals surface area (Å²) in [5, 5.41) is 3.41. The lowest BCUT2D eigenvalue weighted by Gasteiger charge is -2.32. The van der Waals surface area contributed by atoms with Crippen molar-refractivity contribution < 1.29 is 4.79 Å². The van der Waals surface area contributed by atoms with E-state index in [0.29, 0.717) is 12.5 Å². The Balaban J connectivity index is 1.44. The molecule has 27 heavy (non-hydrogen) atoms. The first kappa shape index (κ1) is 18.2. The highest BCUT2D eigenvalue weighted by molar-refractivity contribution is 5.78. The molecule has 2 fully saturated rings. The lowest BCUT2D eigenvalue weighted by Crippen LogP contribution is -2.49. The van der Waals surface area contributed by atoms with E-state index in [4.69, 9.17) is 0 Å². The number of rotatable bonds is 5. The number of piperazine rings is 1. The molecular weight excluding hydrogens is 334 g/mol. The number of carbonyl (C=O) groups excluding carboxylic acids is 1. The standard InChI is InChI=1S/C23H29N3O/c27-23(26-14-11-21(18-26)25-15-12-24-13-16-25)17-22(19-7-3-1-4-8-19)20-9-5-2-6-10-20/h1-10,21-22,24H,11-18H2. The molecule has 2 aliphatic rings. The molecule has 0 bridgehead atoms. The third-order valence-corrected chi connectivity index (χ3v) is 5.97. The van der Waals surface area contributed by atoms with E-state index in [1.807, 2.05) is 12.1 Å². The summed E-state index contributed by atoms with van der Waals surface area (Å²) in [6, 6.07) is 21.4. The molecule has 0 spiro atoms. The molecule has 1 N–H and O–H groups in total. The summed E-state index contributed by atoms with van der Waals surface area (Å²) in [5.41, 5.74) is 2.44. The van der Waals surface area contributed by atoms with Gasteiger partial charge in [-0.05, 0) is 17.5 Å². The molecule has 2 aliphatic heterocycles. The number of hydrogen-bond donors (Lipinski definition) is 1. The SMILES string of the molecule is O=C(CC(c1ccccc1)c1ccccc1)N1CCC(N2CCNCC2)C1. The Bertz CT molecular complexity index is 688. The maximum absolute atomic E-state index is 13.1. The van der Waals surface area contributed by atoms with Crippen LogP contribution < -0.4 is 5.32 Å². The molecular formula is C23H29N3O. The average Bonchev–Trinajstić information content (AvgIpc) is 3.24. The van der Waals surface area contributed by atoms with Gasteiger partial charge in [0.2, 0.25) is 5.91 Å². The van der Waals surface area contributed by atoms with Crippen molar-refractivity contribution >= 4 is 5.91 Å². The van der Waals surface area contributed by atoms with Gasteiger partial charge in [0.1, 0.15) is 0 Å². The van der Waals surface area contributed by atoms with E-state index in [2.05, 4.69) is 63.6 Å². The first-order valence-corrected chi connectivity index (χ1v) is 10.1. The topological polar surface area (TPSA) is 35.6 Å². The maximum Gasteiger partial charge on any atom is 0.223 e. The number of likely N-dealkylation sites (tertiary alicyclic amines) is 1. The number of carbonyl (C=O) groups is 1. The van der Waals surface area contributed by atoms with Crippen molar-refractivity contribution in [2.24, 2.45) is 0 Å². The zero-order valence-corrected chi connectivity index (χ0v) is 15.9. The van der Waals surface area contributed by atoms with E-state index in [-0.39, 0.29) is 11.8 Å². The molecule has 4 rings (SSSR count). The first-order chi connectivity index (χ1) is 13.3. The van der Waals surface area contributed by atoms with Gasteiger partial charge in [-0.25, -0.2) is 0 Å². The summed E-state index contributed by atoms with van der Waals surface area (Å²) in [4.78, 5) is 17.8. The predicted octanol–water partition coefficient (Wildman–Crippen LogP) is 2.71. The lowest BCUT2D eigenvalue weighted by atomic mass is 9.88. The third kappa shape index (κ3) is 4.40. The van der Waals surface area contributed by atoms with Crippen LogP contribution in [0.15, 0.2) is 60.7 Å². The molecule has 2 aromatic rings. The van der Waals surface area contributed by atoms with E-state index in [1.54, 1.807) is 0 Å². The maximum atomic E-state index is 13.1. The van der Waals surface area contributed by atoms with Gasteiger partial charge < -0.3 is 10.2 Å². The Kier molecular flexibility index (Phi) is 5.85. The highest BCUT2D eigenvalue weighted by atomic mass is 16.2. The van der Waals surface area contributed by atoms with Crippen molar-refractivity contribution in [2.75, 3.05) is 39.3 Å². The molecule has 0 aliphatic carbocycles. The third-order valence-electron chi connectivity index (χ3n) is 5.97. The van der Waals surface area contributed by atoms with Crippen molar-refractivity contribution in [1.82, 2.24) is 15.1 Å². The summed E-state index contributed by atoms with van der Waals surface area (Å²) < 4.78 is 0. The van der Waals surface area contributed by atoms with Crippen LogP contribution in [0.25, 0.3) is 0 Å². The summed E-state index contributed by atoms with van der Waals surface area (Å²) in [6.07, 6.45) is 1.65. The average molecular weight is 364 g/mol. The van der Waals surface area contributed by atoms with Crippen LogP contribution in [-0.2, 0) is 4.79 Å². The Hall–Kier alpha value is -2.17. The molecule has 142 valence electrons. The van der Waals surface area contributed by atoms with Crippen LogP contribution in [0.3, 0.4) is 0 Å². The van der Waals surface area contributed by atoms with E-state index >= 15 is 0 Å². The molecule has 0 aromatic heterocycles. The van der Waals surface area contributed by atoms with Crippen LogP contribution in [-0.4, -0.2) is 61.0 Å². The number of amides is 1.